The van der Waals surface area contributed by atoms with E-state index in [9.17, 15) is 8.42 Å². The fraction of sp³-hybridized carbons (Fsp3) is 0.526. The summed E-state index contributed by atoms with van der Waals surface area (Å²) in [5.41, 5.74) is 3.18. The third kappa shape index (κ3) is 3.89. The molecule has 0 amide bonds. The van der Waals surface area contributed by atoms with Crippen LogP contribution in [0.1, 0.15) is 44.7 Å². The first-order chi connectivity index (χ1) is 11.5. The molecule has 2 unspecified atom stereocenters. The van der Waals surface area contributed by atoms with Crippen LogP contribution in [0, 0.1) is 0 Å². The van der Waals surface area contributed by atoms with Gasteiger partial charge < -0.3 is 5.32 Å². The van der Waals surface area contributed by atoms with E-state index >= 15 is 0 Å². The molecule has 3 rings (SSSR count). The number of pyridine rings is 1. The van der Waals surface area contributed by atoms with Crippen LogP contribution in [0.2, 0.25) is 0 Å². The molecule has 1 saturated carbocycles. The van der Waals surface area contributed by atoms with E-state index in [0.717, 1.165) is 54.4 Å². The van der Waals surface area contributed by atoms with Crippen molar-refractivity contribution in [2.45, 2.75) is 56.7 Å². The second-order valence-corrected chi connectivity index (χ2v) is 9.21. The molecule has 2 aromatic rings. The number of hydrogen-bond acceptors (Lipinski definition) is 4. The Bertz CT molecular complexity index is 817. The molecule has 1 fully saturated rings. The van der Waals surface area contributed by atoms with Gasteiger partial charge in [0, 0.05) is 29.1 Å². The number of para-hydroxylation sites is 1. The summed E-state index contributed by atoms with van der Waals surface area (Å²) in [7, 11) is -2.96. The lowest BCUT2D eigenvalue weighted by Crippen LogP contribution is -2.34. The molecular formula is C19H26N2O2S. The van der Waals surface area contributed by atoms with E-state index in [1.807, 2.05) is 18.2 Å². The predicted octanol–water partition coefficient (Wildman–Crippen LogP) is 3.96. The summed E-state index contributed by atoms with van der Waals surface area (Å²) in [4.78, 5) is 4.74. The van der Waals surface area contributed by atoms with Crippen molar-refractivity contribution in [3.05, 3.63) is 36.0 Å². The molecular weight excluding hydrogens is 320 g/mol. The second kappa shape index (κ2) is 7.09. The van der Waals surface area contributed by atoms with Gasteiger partial charge in [-0.05, 0) is 37.8 Å². The first-order valence-corrected chi connectivity index (χ1v) is 10.8. The normalized spacial score (nSPS) is 21.8. The van der Waals surface area contributed by atoms with Gasteiger partial charge in [0.25, 0.3) is 0 Å². The van der Waals surface area contributed by atoms with Crippen molar-refractivity contribution in [1.29, 1.82) is 0 Å². The maximum Gasteiger partial charge on any atom is 0.150 e. The zero-order chi connectivity index (χ0) is 17.2. The lowest BCUT2D eigenvalue weighted by atomic mass is 9.94. The van der Waals surface area contributed by atoms with Crippen molar-refractivity contribution in [3.63, 3.8) is 0 Å². The van der Waals surface area contributed by atoms with E-state index in [1.54, 1.807) is 0 Å². The van der Waals surface area contributed by atoms with Gasteiger partial charge in [0.05, 0.1) is 10.8 Å². The van der Waals surface area contributed by atoms with Crippen LogP contribution in [-0.2, 0) is 16.3 Å². The van der Waals surface area contributed by atoms with Crippen molar-refractivity contribution < 1.29 is 8.42 Å². The lowest BCUT2D eigenvalue weighted by molar-refractivity contribution is 0.453. The fourth-order valence-electron chi connectivity index (χ4n) is 3.62. The number of fused-ring (bicyclic) bond motifs is 1. The second-order valence-electron chi connectivity index (χ2n) is 6.89. The number of benzene rings is 1. The highest BCUT2D eigenvalue weighted by molar-refractivity contribution is 7.91. The molecule has 0 aliphatic heterocycles. The number of nitrogens with zero attached hydrogens (tertiary/aromatic N) is 1. The lowest BCUT2D eigenvalue weighted by Gasteiger charge is -2.30. The molecule has 2 atom stereocenters. The largest absolute Gasteiger partial charge is 0.382 e. The van der Waals surface area contributed by atoms with Crippen molar-refractivity contribution in [3.8, 4) is 0 Å². The Kier molecular flexibility index (Phi) is 5.09. The first-order valence-electron chi connectivity index (χ1n) is 8.81. The maximum absolute atomic E-state index is 11.9. The Morgan fingerprint density at radius 1 is 1.25 bits per heavy atom. The van der Waals surface area contributed by atoms with Crippen molar-refractivity contribution in [2.24, 2.45) is 0 Å². The number of hydrogen-bond donors (Lipinski definition) is 1. The summed E-state index contributed by atoms with van der Waals surface area (Å²) in [6.07, 6.45) is 6.83. The molecule has 1 aromatic heterocycles. The molecule has 4 nitrogen and oxygen atoms in total. The molecule has 1 aromatic carbocycles. The highest BCUT2D eigenvalue weighted by Crippen LogP contribution is 2.30. The molecule has 0 bridgehead atoms. The number of sulfone groups is 1. The molecule has 1 N–H and O–H groups in total. The van der Waals surface area contributed by atoms with Gasteiger partial charge in [-0.25, -0.2) is 8.42 Å². The average Bonchev–Trinajstić information content (AvgIpc) is 2.55. The van der Waals surface area contributed by atoms with Gasteiger partial charge in [0.1, 0.15) is 9.84 Å². The zero-order valence-electron chi connectivity index (χ0n) is 14.5. The number of rotatable bonds is 5. The molecule has 1 aliphatic carbocycles. The average molecular weight is 346 g/mol. The Hall–Kier alpha value is -1.62. The van der Waals surface area contributed by atoms with E-state index in [1.165, 1.54) is 6.26 Å². The highest BCUT2D eigenvalue weighted by Gasteiger charge is 2.29. The zero-order valence-corrected chi connectivity index (χ0v) is 15.3. The highest BCUT2D eigenvalue weighted by atomic mass is 32.2. The summed E-state index contributed by atoms with van der Waals surface area (Å²) in [6.45, 7) is 2.15. The predicted molar refractivity (Wildman–Crippen MR) is 100 cm³/mol. The van der Waals surface area contributed by atoms with Gasteiger partial charge in [-0.3, -0.25) is 4.98 Å². The van der Waals surface area contributed by atoms with Crippen molar-refractivity contribution in [1.82, 2.24) is 4.98 Å². The number of aryl methyl sites for hydroxylation is 1. The third-order valence-electron chi connectivity index (χ3n) is 4.87. The number of nitrogens with one attached hydrogen (secondary N) is 1. The standard InChI is InChI=1S/C19H26N2O2S/c1-3-7-14-13-19(17-10-4-5-11-18(17)20-14)21-15-8-6-9-16(12-15)24(2,22)23/h4-5,10-11,13,15-16H,3,6-9,12H2,1-2H3,(H,20,21). The minimum atomic E-state index is -2.96. The first kappa shape index (κ1) is 17.2. The fourth-order valence-corrected chi connectivity index (χ4v) is 4.80. The van der Waals surface area contributed by atoms with Crippen molar-refractivity contribution >= 4 is 26.4 Å². The monoisotopic (exact) mass is 346 g/mol. The third-order valence-corrected chi connectivity index (χ3v) is 6.51. The molecule has 24 heavy (non-hydrogen) atoms. The van der Waals surface area contributed by atoms with Crippen LogP contribution in [0.5, 0.6) is 0 Å². The van der Waals surface area contributed by atoms with Gasteiger partial charge >= 0.3 is 0 Å². The molecule has 0 radical (unpaired) electrons. The topological polar surface area (TPSA) is 59.1 Å². The van der Waals surface area contributed by atoms with Gasteiger partial charge in [-0.1, -0.05) is 38.0 Å². The summed E-state index contributed by atoms with van der Waals surface area (Å²) >= 11 is 0. The Labute approximate surface area is 144 Å². The van der Waals surface area contributed by atoms with Crippen LogP contribution in [0.4, 0.5) is 5.69 Å². The number of anilines is 1. The molecule has 0 spiro atoms. The Morgan fingerprint density at radius 3 is 2.79 bits per heavy atom. The summed E-state index contributed by atoms with van der Waals surface area (Å²) in [5.74, 6) is 0. The summed E-state index contributed by atoms with van der Waals surface area (Å²) < 4.78 is 23.8. The van der Waals surface area contributed by atoms with E-state index in [-0.39, 0.29) is 11.3 Å². The van der Waals surface area contributed by atoms with E-state index in [0.29, 0.717) is 6.42 Å². The minimum absolute atomic E-state index is 0.207. The van der Waals surface area contributed by atoms with Gasteiger partial charge in [0.15, 0.2) is 0 Å². The molecule has 1 aliphatic rings. The molecule has 130 valence electrons. The summed E-state index contributed by atoms with van der Waals surface area (Å²) in [5, 5.41) is 4.51. The molecule has 5 heteroatoms. The van der Waals surface area contributed by atoms with Crippen LogP contribution in [0.3, 0.4) is 0 Å². The molecule has 1 heterocycles. The summed E-state index contributed by atoms with van der Waals surface area (Å²) in [6, 6.07) is 10.5. The Balaban J connectivity index is 1.88. The SMILES string of the molecule is CCCc1cc(NC2CCCC(S(C)(=O)=O)C2)c2ccccc2n1. The maximum atomic E-state index is 11.9. The smallest absolute Gasteiger partial charge is 0.150 e. The minimum Gasteiger partial charge on any atom is -0.382 e. The van der Waals surface area contributed by atoms with E-state index in [4.69, 9.17) is 4.98 Å². The van der Waals surface area contributed by atoms with Crippen LogP contribution < -0.4 is 5.32 Å². The quantitative estimate of drug-likeness (QED) is 0.890. The van der Waals surface area contributed by atoms with Crippen LogP contribution in [0.15, 0.2) is 30.3 Å². The van der Waals surface area contributed by atoms with E-state index < -0.39 is 9.84 Å². The number of aromatic nitrogens is 1. The Morgan fingerprint density at radius 2 is 2.04 bits per heavy atom. The van der Waals surface area contributed by atoms with Crippen molar-refractivity contribution in [2.75, 3.05) is 11.6 Å². The van der Waals surface area contributed by atoms with Gasteiger partial charge in [-0.15, -0.1) is 0 Å². The van der Waals surface area contributed by atoms with Crippen LogP contribution in [-0.4, -0.2) is 30.9 Å². The van der Waals surface area contributed by atoms with Crippen LogP contribution >= 0.6 is 0 Å². The van der Waals surface area contributed by atoms with E-state index in [2.05, 4.69) is 24.4 Å². The van der Waals surface area contributed by atoms with Gasteiger partial charge in [0.2, 0.25) is 0 Å². The van der Waals surface area contributed by atoms with Gasteiger partial charge in [-0.2, -0.15) is 0 Å². The molecule has 0 saturated heterocycles. The van der Waals surface area contributed by atoms with Crippen LogP contribution in [0.25, 0.3) is 10.9 Å².